The topological polar surface area (TPSA) is 49.4 Å². The minimum absolute atomic E-state index is 0.0225. The maximum Gasteiger partial charge on any atom is 0.242 e. The second-order valence-corrected chi connectivity index (χ2v) is 7.97. The van der Waals surface area contributed by atoms with Gasteiger partial charge in [-0.05, 0) is 44.9 Å². The SMILES string of the molecule is CCNC(=O)[C@H](C)N(CCc1ccccc1)C(=O)CCSc1ccc(C)cc1. The molecule has 0 fully saturated rings. The smallest absolute Gasteiger partial charge is 0.242 e. The molecular formula is C23H30N2O2S. The fourth-order valence-corrected chi connectivity index (χ4v) is 3.77. The molecule has 0 aliphatic rings. The Morgan fingerprint density at radius 1 is 1.07 bits per heavy atom. The third kappa shape index (κ3) is 7.04. The number of thioether (sulfide) groups is 1. The number of rotatable bonds is 10. The summed E-state index contributed by atoms with van der Waals surface area (Å²) in [6.45, 7) is 6.86. The molecule has 4 nitrogen and oxygen atoms in total. The van der Waals surface area contributed by atoms with Crippen LogP contribution in [-0.4, -0.2) is 41.6 Å². The van der Waals surface area contributed by atoms with Gasteiger partial charge in [0.25, 0.3) is 0 Å². The lowest BCUT2D eigenvalue weighted by atomic mass is 10.1. The summed E-state index contributed by atoms with van der Waals surface area (Å²) in [5.41, 5.74) is 2.39. The predicted molar refractivity (Wildman–Crippen MR) is 117 cm³/mol. The average Bonchev–Trinajstić information content (AvgIpc) is 2.70. The van der Waals surface area contributed by atoms with E-state index in [2.05, 4.69) is 36.5 Å². The standard InChI is InChI=1S/C23H30N2O2S/c1-4-24-23(27)19(3)25(16-14-20-8-6-5-7-9-20)22(26)15-17-28-21-12-10-18(2)11-13-21/h5-13,19H,4,14-17H2,1-3H3,(H,24,27)/t19-/m0/s1. The van der Waals surface area contributed by atoms with Crippen LogP contribution in [0, 0.1) is 6.92 Å². The predicted octanol–water partition coefficient (Wildman–Crippen LogP) is 4.07. The van der Waals surface area contributed by atoms with E-state index in [9.17, 15) is 9.59 Å². The molecule has 5 heteroatoms. The van der Waals surface area contributed by atoms with E-state index < -0.39 is 6.04 Å². The lowest BCUT2D eigenvalue weighted by Crippen LogP contribution is -2.48. The minimum atomic E-state index is -0.472. The maximum atomic E-state index is 12.9. The molecule has 0 aliphatic carbocycles. The number of likely N-dealkylation sites (N-methyl/N-ethyl adjacent to an activating group) is 1. The van der Waals surface area contributed by atoms with Crippen molar-refractivity contribution >= 4 is 23.6 Å². The fraction of sp³-hybridized carbons (Fsp3) is 0.391. The number of nitrogens with zero attached hydrogens (tertiary/aromatic N) is 1. The Kier molecular flexibility index (Phi) is 9.08. The molecule has 2 aromatic rings. The van der Waals surface area contributed by atoms with E-state index in [1.54, 1.807) is 23.6 Å². The van der Waals surface area contributed by atoms with Crippen molar-refractivity contribution in [1.82, 2.24) is 10.2 Å². The van der Waals surface area contributed by atoms with Gasteiger partial charge in [-0.3, -0.25) is 9.59 Å². The number of aryl methyl sites for hydroxylation is 1. The van der Waals surface area contributed by atoms with Crippen molar-refractivity contribution in [2.24, 2.45) is 0 Å². The lowest BCUT2D eigenvalue weighted by Gasteiger charge is -2.28. The third-order valence-electron chi connectivity index (χ3n) is 4.61. The van der Waals surface area contributed by atoms with Crippen LogP contribution in [0.5, 0.6) is 0 Å². The molecule has 0 radical (unpaired) electrons. The normalized spacial score (nSPS) is 11.7. The van der Waals surface area contributed by atoms with E-state index in [4.69, 9.17) is 0 Å². The summed E-state index contributed by atoms with van der Waals surface area (Å²) in [7, 11) is 0. The molecule has 0 saturated carbocycles. The molecule has 0 aromatic heterocycles. The van der Waals surface area contributed by atoms with E-state index in [0.717, 1.165) is 16.9 Å². The van der Waals surface area contributed by atoms with Gasteiger partial charge in [-0.15, -0.1) is 11.8 Å². The quantitative estimate of drug-likeness (QED) is 0.614. The van der Waals surface area contributed by atoms with Crippen molar-refractivity contribution < 1.29 is 9.59 Å². The van der Waals surface area contributed by atoms with Gasteiger partial charge in [0, 0.05) is 30.2 Å². The molecule has 1 N–H and O–H groups in total. The molecule has 2 rings (SSSR count). The van der Waals surface area contributed by atoms with Gasteiger partial charge in [-0.25, -0.2) is 0 Å². The molecule has 0 bridgehead atoms. The van der Waals surface area contributed by atoms with Crippen LogP contribution in [0.25, 0.3) is 0 Å². The number of hydrogen-bond donors (Lipinski definition) is 1. The van der Waals surface area contributed by atoms with Crippen LogP contribution in [0.1, 0.15) is 31.4 Å². The Labute approximate surface area is 172 Å². The average molecular weight is 399 g/mol. The zero-order valence-corrected chi connectivity index (χ0v) is 17.8. The van der Waals surface area contributed by atoms with Crippen LogP contribution in [-0.2, 0) is 16.0 Å². The molecule has 0 heterocycles. The molecule has 0 saturated heterocycles. The van der Waals surface area contributed by atoms with E-state index in [1.165, 1.54) is 5.56 Å². The second-order valence-electron chi connectivity index (χ2n) is 6.80. The summed E-state index contributed by atoms with van der Waals surface area (Å²) in [6, 6.07) is 17.9. The van der Waals surface area contributed by atoms with Crippen LogP contribution in [0.4, 0.5) is 0 Å². The third-order valence-corrected chi connectivity index (χ3v) is 5.62. The molecule has 0 unspecified atom stereocenters. The number of amides is 2. The Hall–Kier alpha value is -2.27. The Bertz CT molecular complexity index is 747. The second kappa shape index (κ2) is 11.5. The Morgan fingerprint density at radius 2 is 1.75 bits per heavy atom. The number of carbonyl (C=O) groups excluding carboxylic acids is 2. The van der Waals surface area contributed by atoms with Gasteiger partial charge in [0.05, 0.1) is 0 Å². The van der Waals surface area contributed by atoms with Gasteiger partial charge in [-0.1, -0.05) is 48.0 Å². The monoisotopic (exact) mass is 398 g/mol. The molecule has 28 heavy (non-hydrogen) atoms. The molecular weight excluding hydrogens is 368 g/mol. The summed E-state index contributed by atoms with van der Waals surface area (Å²) in [4.78, 5) is 28.1. The van der Waals surface area contributed by atoms with Crippen molar-refractivity contribution in [3.63, 3.8) is 0 Å². The van der Waals surface area contributed by atoms with Crippen LogP contribution in [0.15, 0.2) is 59.5 Å². The van der Waals surface area contributed by atoms with E-state index in [0.29, 0.717) is 25.3 Å². The lowest BCUT2D eigenvalue weighted by molar-refractivity contribution is -0.139. The summed E-state index contributed by atoms with van der Waals surface area (Å²) in [5.74, 6) is 0.621. The summed E-state index contributed by atoms with van der Waals surface area (Å²) in [6.07, 6.45) is 1.15. The largest absolute Gasteiger partial charge is 0.355 e. The van der Waals surface area contributed by atoms with E-state index in [-0.39, 0.29) is 11.8 Å². The number of hydrogen-bond acceptors (Lipinski definition) is 3. The van der Waals surface area contributed by atoms with Crippen LogP contribution in [0.2, 0.25) is 0 Å². The van der Waals surface area contributed by atoms with Crippen molar-refractivity contribution in [3.8, 4) is 0 Å². The summed E-state index contributed by atoms with van der Waals surface area (Å²) < 4.78 is 0. The first-order valence-electron chi connectivity index (χ1n) is 9.81. The molecule has 2 aromatic carbocycles. The minimum Gasteiger partial charge on any atom is -0.355 e. The maximum absolute atomic E-state index is 12.9. The van der Waals surface area contributed by atoms with E-state index >= 15 is 0 Å². The highest BCUT2D eigenvalue weighted by atomic mass is 32.2. The van der Waals surface area contributed by atoms with Crippen molar-refractivity contribution in [1.29, 1.82) is 0 Å². The van der Waals surface area contributed by atoms with Crippen molar-refractivity contribution in [2.75, 3.05) is 18.8 Å². The fourth-order valence-electron chi connectivity index (χ4n) is 2.93. The molecule has 0 spiro atoms. The van der Waals surface area contributed by atoms with Gasteiger partial charge in [0.15, 0.2) is 0 Å². The van der Waals surface area contributed by atoms with Crippen molar-refractivity contribution in [2.45, 2.75) is 44.6 Å². The molecule has 150 valence electrons. The Balaban J connectivity index is 1.96. The van der Waals surface area contributed by atoms with Gasteiger partial charge in [-0.2, -0.15) is 0 Å². The zero-order valence-electron chi connectivity index (χ0n) is 17.0. The number of benzene rings is 2. The summed E-state index contributed by atoms with van der Waals surface area (Å²) in [5, 5.41) is 2.83. The number of nitrogens with one attached hydrogen (secondary N) is 1. The van der Waals surface area contributed by atoms with E-state index in [1.807, 2.05) is 37.3 Å². The Morgan fingerprint density at radius 3 is 2.39 bits per heavy atom. The van der Waals surface area contributed by atoms with Gasteiger partial charge < -0.3 is 10.2 Å². The highest BCUT2D eigenvalue weighted by Crippen LogP contribution is 2.20. The summed E-state index contributed by atoms with van der Waals surface area (Å²) >= 11 is 1.67. The molecule has 1 atom stereocenters. The highest BCUT2D eigenvalue weighted by Gasteiger charge is 2.25. The van der Waals surface area contributed by atoms with Crippen LogP contribution in [0.3, 0.4) is 0 Å². The van der Waals surface area contributed by atoms with Gasteiger partial charge >= 0.3 is 0 Å². The first-order valence-corrected chi connectivity index (χ1v) is 10.8. The van der Waals surface area contributed by atoms with Gasteiger partial charge in [0.2, 0.25) is 11.8 Å². The molecule has 2 amide bonds. The first kappa shape index (κ1) is 22.0. The van der Waals surface area contributed by atoms with Crippen LogP contribution < -0.4 is 5.32 Å². The first-order chi connectivity index (χ1) is 13.5. The van der Waals surface area contributed by atoms with Gasteiger partial charge in [0.1, 0.15) is 6.04 Å². The van der Waals surface area contributed by atoms with Crippen molar-refractivity contribution in [3.05, 3.63) is 65.7 Å². The number of carbonyl (C=O) groups is 2. The zero-order chi connectivity index (χ0) is 20.4. The highest BCUT2D eigenvalue weighted by molar-refractivity contribution is 7.99. The van der Waals surface area contributed by atoms with Crippen LogP contribution >= 0.6 is 11.8 Å². The molecule has 0 aliphatic heterocycles.